The van der Waals surface area contributed by atoms with E-state index in [2.05, 4.69) is 19.7 Å². The van der Waals surface area contributed by atoms with E-state index in [1.165, 1.54) is 0 Å². The molecule has 0 radical (unpaired) electrons. The summed E-state index contributed by atoms with van der Waals surface area (Å²) in [5.41, 5.74) is 0. The second-order valence-corrected chi connectivity index (χ2v) is 6.30. The Morgan fingerprint density at radius 1 is 0.545 bits per heavy atom. The van der Waals surface area contributed by atoms with E-state index in [1.54, 1.807) is 0 Å². The molecule has 0 aromatic rings. The van der Waals surface area contributed by atoms with Crippen LogP contribution in [0.25, 0.3) is 0 Å². The van der Waals surface area contributed by atoms with E-state index in [-0.39, 0.29) is 0 Å². The van der Waals surface area contributed by atoms with Crippen LogP contribution in [0, 0.1) is 0 Å². The van der Waals surface area contributed by atoms with Crippen LogP contribution in [-0.2, 0) is 13.6 Å². The lowest BCUT2D eigenvalue weighted by Crippen LogP contribution is -2.00. The third-order valence-corrected chi connectivity index (χ3v) is 4.18. The summed E-state index contributed by atoms with van der Waals surface area (Å²) in [6.07, 6.45) is 15.3. The molecule has 22 heavy (non-hydrogen) atoms. The van der Waals surface area contributed by atoms with Crippen LogP contribution in [0.1, 0.15) is 57.8 Å². The largest absolute Gasteiger partial charge is 0.332 e. The molecule has 0 amide bonds. The molecule has 0 unspecified atom stereocenters. The molecule has 0 aliphatic rings. The standard InChI is InChI=1S/C18H33O3P/c1-4-7-10-13-16-19-22(20-17-14-11-8-5-2)21-18-15-12-9-6-3/h4-6H,1-3,7-18H2. The average Bonchev–Trinajstić information content (AvgIpc) is 2.53. The van der Waals surface area contributed by atoms with Crippen molar-refractivity contribution in [2.75, 3.05) is 19.8 Å². The molecule has 0 spiro atoms. The molecule has 0 aliphatic carbocycles. The zero-order chi connectivity index (χ0) is 16.3. The van der Waals surface area contributed by atoms with Gasteiger partial charge in [0.05, 0.1) is 19.8 Å². The van der Waals surface area contributed by atoms with Gasteiger partial charge in [0, 0.05) is 0 Å². The van der Waals surface area contributed by atoms with Gasteiger partial charge >= 0.3 is 8.60 Å². The lowest BCUT2D eigenvalue weighted by Gasteiger charge is -2.16. The molecule has 0 aliphatic heterocycles. The van der Waals surface area contributed by atoms with Crippen molar-refractivity contribution < 1.29 is 13.6 Å². The number of hydrogen-bond donors (Lipinski definition) is 0. The third-order valence-electron chi connectivity index (χ3n) is 3.00. The molecule has 0 bridgehead atoms. The maximum absolute atomic E-state index is 5.75. The molecule has 0 fully saturated rings. The zero-order valence-electron chi connectivity index (χ0n) is 14.0. The normalized spacial score (nSPS) is 10.8. The quantitative estimate of drug-likeness (QED) is 0.167. The Hall–Kier alpha value is -0.470. The maximum atomic E-state index is 5.75. The molecule has 0 N–H and O–H groups in total. The predicted molar refractivity (Wildman–Crippen MR) is 96.9 cm³/mol. The van der Waals surface area contributed by atoms with Crippen LogP contribution in [0.3, 0.4) is 0 Å². The number of rotatable bonds is 18. The van der Waals surface area contributed by atoms with E-state index < -0.39 is 8.60 Å². The van der Waals surface area contributed by atoms with Gasteiger partial charge in [-0.15, -0.1) is 19.7 Å². The molecule has 0 saturated carbocycles. The molecule has 3 nitrogen and oxygen atoms in total. The Labute approximate surface area is 138 Å². The molecule has 0 rings (SSSR count). The summed E-state index contributed by atoms with van der Waals surface area (Å²) in [6.45, 7) is 13.2. The van der Waals surface area contributed by atoms with Crippen LogP contribution in [-0.4, -0.2) is 19.8 Å². The van der Waals surface area contributed by atoms with E-state index in [1.807, 2.05) is 18.2 Å². The smallest absolute Gasteiger partial charge is 0.312 e. The molecule has 0 saturated heterocycles. The lowest BCUT2D eigenvalue weighted by atomic mass is 10.2. The van der Waals surface area contributed by atoms with Gasteiger partial charge in [0.2, 0.25) is 0 Å². The van der Waals surface area contributed by atoms with Crippen molar-refractivity contribution >= 4 is 8.60 Å². The molecule has 0 aromatic heterocycles. The van der Waals surface area contributed by atoms with Gasteiger partial charge < -0.3 is 13.6 Å². The summed E-state index contributed by atoms with van der Waals surface area (Å²) >= 11 is 0. The van der Waals surface area contributed by atoms with Crippen molar-refractivity contribution in [3.05, 3.63) is 38.0 Å². The van der Waals surface area contributed by atoms with Crippen molar-refractivity contribution in [3.8, 4) is 0 Å². The van der Waals surface area contributed by atoms with Crippen LogP contribution in [0.5, 0.6) is 0 Å². The van der Waals surface area contributed by atoms with Crippen molar-refractivity contribution in [1.82, 2.24) is 0 Å². The Bertz CT molecular complexity index is 226. The highest BCUT2D eigenvalue weighted by Gasteiger charge is 2.11. The fourth-order valence-corrected chi connectivity index (χ4v) is 2.76. The van der Waals surface area contributed by atoms with E-state index >= 15 is 0 Å². The fourth-order valence-electron chi connectivity index (χ4n) is 1.70. The fraction of sp³-hybridized carbons (Fsp3) is 0.667. The highest BCUT2D eigenvalue weighted by molar-refractivity contribution is 7.41. The van der Waals surface area contributed by atoms with Gasteiger partial charge in [0.15, 0.2) is 0 Å². The Morgan fingerprint density at radius 2 is 0.864 bits per heavy atom. The Morgan fingerprint density at radius 3 is 1.14 bits per heavy atom. The number of hydrogen-bond acceptors (Lipinski definition) is 3. The minimum absolute atomic E-state index is 0.693. The van der Waals surface area contributed by atoms with Crippen molar-refractivity contribution in [2.45, 2.75) is 57.8 Å². The molecular weight excluding hydrogens is 295 g/mol. The zero-order valence-corrected chi connectivity index (χ0v) is 14.9. The van der Waals surface area contributed by atoms with Gasteiger partial charge in [-0.05, 0) is 57.8 Å². The summed E-state index contributed by atoms with van der Waals surface area (Å²) in [4.78, 5) is 0. The van der Waals surface area contributed by atoms with Gasteiger partial charge in [-0.25, -0.2) is 0 Å². The lowest BCUT2D eigenvalue weighted by molar-refractivity contribution is 0.155. The van der Waals surface area contributed by atoms with Crippen molar-refractivity contribution in [3.63, 3.8) is 0 Å². The first-order valence-electron chi connectivity index (χ1n) is 8.36. The van der Waals surface area contributed by atoms with Crippen LogP contribution in [0.4, 0.5) is 0 Å². The van der Waals surface area contributed by atoms with Crippen LogP contribution in [0.15, 0.2) is 38.0 Å². The van der Waals surface area contributed by atoms with E-state index in [9.17, 15) is 0 Å². The van der Waals surface area contributed by atoms with Gasteiger partial charge in [-0.1, -0.05) is 18.2 Å². The highest BCUT2D eigenvalue weighted by Crippen LogP contribution is 2.40. The maximum Gasteiger partial charge on any atom is 0.332 e. The van der Waals surface area contributed by atoms with Gasteiger partial charge in [-0.3, -0.25) is 0 Å². The van der Waals surface area contributed by atoms with E-state index in [4.69, 9.17) is 13.6 Å². The highest BCUT2D eigenvalue weighted by atomic mass is 31.2. The second kappa shape index (κ2) is 18.6. The predicted octanol–water partition coefficient (Wildman–Crippen LogP) is 6.33. The molecule has 0 atom stereocenters. The summed E-state index contributed by atoms with van der Waals surface area (Å²) in [7, 11) is -1.20. The van der Waals surface area contributed by atoms with Gasteiger partial charge in [-0.2, -0.15) is 0 Å². The second-order valence-electron chi connectivity index (χ2n) is 5.08. The summed E-state index contributed by atoms with van der Waals surface area (Å²) in [5.74, 6) is 0. The molecule has 0 aromatic carbocycles. The molecule has 128 valence electrons. The third kappa shape index (κ3) is 15.9. The minimum Gasteiger partial charge on any atom is -0.312 e. The van der Waals surface area contributed by atoms with Gasteiger partial charge in [0.25, 0.3) is 0 Å². The summed E-state index contributed by atoms with van der Waals surface area (Å²) in [5, 5.41) is 0. The Balaban J connectivity index is 3.78. The molecule has 0 heterocycles. The van der Waals surface area contributed by atoms with Crippen molar-refractivity contribution in [2.24, 2.45) is 0 Å². The van der Waals surface area contributed by atoms with E-state index in [0.29, 0.717) is 19.8 Å². The summed E-state index contributed by atoms with van der Waals surface area (Å²) in [6, 6.07) is 0. The Kier molecular flexibility index (Phi) is 18.2. The van der Waals surface area contributed by atoms with Crippen LogP contribution in [0.2, 0.25) is 0 Å². The number of allylic oxidation sites excluding steroid dienone is 3. The first kappa shape index (κ1) is 21.5. The topological polar surface area (TPSA) is 27.7 Å². The number of unbranched alkanes of at least 4 members (excludes halogenated alkanes) is 6. The summed E-state index contributed by atoms with van der Waals surface area (Å²) < 4.78 is 17.2. The first-order valence-corrected chi connectivity index (χ1v) is 9.46. The monoisotopic (exact) mass is 328 g/mol. The molecular formula is C18H33O3P. The van der Waals surface area contributed by atoms with Gasteiger partial charge in [0.1, 0.15) is 0 Å². The van der Waals surface area contributed by atoms with Crippen LogP contribution >= 0.6 is 8.60 Å². The first-order chi connectivity index (χ1) is 10.8. The molecule has 4 heteroatoms. The SMILES string of the molecule is C=CCCCCOP(OCCCCC=C)OCCCCC=C. The average molecular weight is 328 g/mol. The van der Waals surface area contributed by atoms with E-state index in [0.717, 1.165) is 57.8 Å². The van der Waals surface area contributed by atoms with Crippen molar-refractivity contribution in [1.29, 1.82) is 0 Å². The minimum atomic E-state index is -1.20. The van der Waals surface area contributed by atoms with Crippen LogP contribution < -0.4 is 0 Å².